The molecule has 0 saturated carbocycles. The number of carboxylic acids is 1. The zero-order chi connectivity index (χ0) is 28.0. The minimum atomic E-state index is -1.17. The number of furan rings is 1. The van der Waals surface area contributed by atoms with E-state index in [4.69, 9.17) is 8.83 Å². The Labute approximate surface area is 235 Å². The molecule has 1 amide bonds. The number of nitrogens with one attached hydrogen (secondary N) is 2. The Morgan fingerprint density at radius 1 is 1.02 bits per heavy atom. The average molecular weight is 599 g/mol. The summed E-state index contributed by atoms with van der Waals surface area (Å²) in [5, 5.41) is 14.8. The maximum atomic E-state index is 13.0. The van der Waals surface area contributed by atoms with Crippen molar-refractivity contribution in [3.8, 4) is 11.1 Å². The van der Waals surface area contributed by atoms with Crippen molar-refractivity contribution >= 4 is 60.6 Å². The number of hydrogen-bond donors (Lipinski definition) is 3. The van der Waals surface area contributed by atoms with Crippen molar-refractivity contribution in [1.29, 1.82) is 0 Å². The molecule has 6 aromatic rings. The number of carbonyl (C=O) groups is 2. The molecule has 0 radical (unpaired) electrons. The highest BCUT2D eigenvalue weighted by Gasteiger charge is 2.24. The van der Waals surface area contributed by atoms with Gasteiger partial charge in [0.25, 0.3) is 0 Å². The van der Waals surface area contributed by atoms with Crippen molar-refractivity contribution in [2.45, 2.75) is 25.8 Å². The van der Waals surface area contributed by atoms with Crippen LogP contribution in [-0.2, 0) is 22.4 Å². The molecule has 1 atom stereocenters. The molecule has 9 heteroatoms. The number of aromatic amines is 1. The highest BCUT2D eigenvalue weighted by molar-refractivity contribution is 9.10. The number of hydrogen-bond acceptors (Lipinski definition) is 5. The van der Waals surface area contributed by atoms with Gasteiger partial charge in [-0.15, -0.1) is 0 Å². The van der Waals surface area contributed by atoms with Crippen LogP contribution in [0.1, 0.15) is 16.7 Å². The zero-order valence-electron chi connectivity index (χ0n) is 21.3. The van der Waals surface area contributed by atoms with Crippen LogP contribution in [0, 0.1) is 6.92 Å². The second kappa shape index (κ2) is 10.2. The van der Waals surface area contributed by atoms with Gasteiger partial charge in [-0.05, 0) is 47.9 Å². The van der Waals surface area contributed by atoms with Crippen LogP contribution < -0.4 is 10.9 Å². The first-order chi connectivity index (χ1) is 19.3. The SMILES string of the molecule is Cc1c(CC(=O)N[C@@H](Cc2c[nH]c3ccccc23)C(=O)O)c(=O)oc2cc3occ(-c4ccc(Br)cc4)c3cc12. The quantitative estimate of drug-likeness (QED) is 0.190. The van der Waals surface area contributed by atoms with Gasteiger partial charge in [0.1, 0.15) is 17.2 Å². The number of halogens is 1. The van der Waals surface area contributed by atoms with Crippen molar-refractivity contribution in [2.75, 3.05) is 0 Å². The first-order valence-electron chi connectivity index (χ1n) is 12.6. The Hall–Kier alpha value is -4.63. The van der Waals surface area contributed by atoms with Gasteiger partial charge >= 0.3 is 11.6 Å². The highest BCUT2D eigenvalue weighted by Crippen LogP contribution is 2.35. The van der Waals surface area contributed by atoms with Gasteiger partial charge in [0.2, 0.25) is 5.91 Å². The van der Waals surface area contributed by atoms with Crippen molar-refractivity contribution in [1.82, 2.24) is 10.3 Å². The monoisotopic (exact) mass is 598 g/mol. The first kappa shape index (κ1) is 25.6. The standard InChI is InChI=1S/C31H23BrN2O6/c1-16-21-11-23-24(17-6-8-19(32)9-7-17)15-39-27(23)13-28(21)40-31(38)22(16)12-29(35)34-26(30(36)37)10-18-14-33-25-5-3-2-4-20(18)25/h2-9,11,13-15,26,33H,10,12H2,1H3,(H,34,35)(H,36,37)/t26-/m0/s1. The van der Waals surface area contributed by atoms with Crippen molar-refractivity contribution in [3.63, 3.8) is 0 Å². The molecule has 3 heterocycles. The molecule has 3 aromatic carbocycles. The summed E-state index contributed by atoms with van der Waals surface area (Å²) < 4.78 is 12.3. The van der Waals surface area contributed by atoms with E-state index in [0.29, 0.717) is 22.1 Å². The number of para-hydroxylation sites is 1. The summed E-state index contributed by atoms with van der Waals surface area (Å²) in [7, 11) is 0. The molecule has 0 aliphatic carbocycles. The molecule has 0 bridgehead atoms. The fourth-order valence-corrected chi connectivity index (χ4v) is 5.36. The van der Waals surface area contributed by atoms with E-state index in [2.05, 4.69) is 26.2 Å². The number of aromatic nitrogens is 1. The molecule has 3 N–H and O–H groups in total. The Morgan fingerprint density at radius 3 is 2.58 bits per heavy atom. The van der Waals surface area contributed by atoms with Crippen molar-refractivity contribution in [3.05, 3.63) is 105 Å². The van der Waals surface area contributed by atoms with E-state index in [0.717, 1.165) is 37.5 Å². The maximum absolute atomic E-state index is 13.0. The second-order valence-corrected chi connectivity index (χ2v) is 10.6. The van der Waals surface area contributed by atoms with Crippen LogP contribution in [0.25, 0.3) is 44.0 Å². The Kier molecular flexibility index (Phi) is 6.51. The van der Waals surface area contributed by atoms with E-state index in [-0.39, 0.29) is 18.4 Å². The highest BCUT2D eigenvalue weighted by atomic mass is 79.9. The number of carbonyl (C=O) groups excluding carboxylic acids is 1. The predicted octanol–water partition coefficient (Wildman–Crippen LogP) is 6.11. The predicted molar refractivity (Wildman–Crippen MR) is 155 cm³/mol. The number of carboxylic acid groups (broad SMARTS) is 1. The summed E-state index contributed by atoms with van der Waals surface area (Å²) in [4.78, 5) is 41.0. The molecule has 0 spiro atoms. The number of H-pyrrole nitrogens is 1. The molecule has 6 rings (SSSR count). The smallest absolute Gasteiger partial charge is 0.340 e. The minimum Gasteiger partial charge on any atom is -0.480 e. The third-order valence-corrected chi connectivity index (χ3v) is 7.73. The molecule has 3 aromatic heterocycles. The number of benzene rings is 3. The van der Waals surface area contributed by atoms with Gasteiger partial charge in [-0.2, -0.15) is 0 Å². The molecule has 40 heavy (non-hydrogen) atoms. The van der Waals surface area contributed by atoms with Gasteiger partial charge in [0, 0.05) is 50.4 Å². The first-order valence-corrected chi connectivity index (χ1v) is 13.4. The van der Waals surface area contributed by atoms with Crippen LogP contribution in [0.3, 0.4) is 0 Å². The second-order valence-electron chi connectivity index (χ2n) is 9.69. The third kappa shape index (κ3) is 4.69. The largest absolute Gasteiger partial charge is 0.480 e. The lowest BCUT2D eigenvalue weighted by molar-refractivity contribution is -0.141. The van der Waals surface area contributed by atoms with E-state index in [1.54, 1.807) is 25.5 Å². The van der Waals surface area contributed by atoms with Gasteiger partial charge < -0.3 is 24.2 Å². The van der Waals surface area contributed by atoms with Gasteiger partial charge in [-0.25, -0.2) is 9.59 Å². The van der Waals surface area contributed by atoms with Crippen molar-refractivity contribution < 1.29 is 23.5 Å². The van der Waals surface area contributed by atoms with E-state index >= 15 is 0 Å². The lowest BCUT2D eigenvalue weighted by Crippen LogP contribution is -2.43. The van der Waals surface area contributed by atoms with E-state index in [1.807, 2.05) is 54.6 Å². The molecule has 0 aliphatic heterocycles. The zero-order valence-corrected chi connectivity index (χ0v) is 22.9. The van der Waals surface area contributed by atoms with Crippen LogP contribution in [-0.4, -0.2) is 28.0 Å². The van der Waals surface area contributed by atoms with Crippen LogP contribution in [0.2, 0.25) is 0 Å². The summed E-state index contributed by atoms with van der Waals surface area (Å²) in [6, 6.07) is 17.8. The van der Waals surface area contributed by atoms with Gasteiger partial charge in [0.05, 0.1) is 18.2 Å². The van der Waals surface area contributed by atoms with E-state index in [9.17, 15) is 19.5 Å². The fourth-order valence-electron chi connectivity index (χ4n) is 5.09. The molecule has 0 fully saturated rings. The topological polar surface area (TPSA) is 126 Å². The Bertz CT molecular complexity index is 1980. The molecule has 200 valence electrons. The molecule has 0 saturated heterocycles. The van der Waals surface area contributed by atoms with Crippen LogP contribution in [0.4, 0.5) is 0 Å². The average Bonchev–Trinajstić information content (AvgIpc) is 3.54. The number of amides is 1. The number of fused-ring (bicyclic) bond motifs is 3. The summed E-state index contributed by atoms with van der Waals surface area (Å²) >= 11 is 3.45. The van der Waals surface area contributed by atoms with Gasteiger partial charge in [-0.3, -0.25) is 4.79 Å². The normalized spacial score (nSPS) is 12.2. The fraction of sp³-hybridized carbons (Fsp3) is 0.129. The van der Waals surface area contributed by atoms with Crippen molar-refractivity contribution in [2.24, 2.45) is 0 Å². The van der Waals surface area contributed by atoms with Crippen LogP contribution >= 0.6 is 15.9 Å². The minimum absolute atomic E-state index is 0.0910. The Balaban J connectivity index is 1.30. The Morgan fingerprint density at radius 2 is 1.80 bits per heavy atom. The van der Waals surface area contributed by atoms with E-state index in [1.165, 1.54) is 0 Å². The lowest BCUT2D eigenvalue weighted by atomic mass is 9.99. The molecular formula is C31H23BrN2O6. The van der Waals surface area contributed by atoms with E-state index < -0.39 is 23.5 Å². The number of rotatable bonds is 7. The number of aliphatic carboxylic acids is 1. The maximum Gasteiger partial charge on any atom is 0.340 e. The summed E-state index contributed by atoms with van der Waals surface area (Å²) in [6.45, 7) is 1.76. The lowest BCUT2D eigenvalue weighted by Gasteiger charge is -2.15. The third-order valence-electron chi connectivity index (χ3n) is 7.21. The summed E-state index contributed by atoms with van der Waals surface area (Å²) in [6.07, 6.45) is 3.18. The molecular weight excluding hydrogens is 576 g/mol. The number of aryl methyl sites for hydroxylation is 1. The molecule has 0 unspecified atom stereocenters. The molecule has 8 nitrogen and oxygen atoms in total. The molecule has 0 aliphatic rings. The summed E-state index contributed by atoms with van der Waals surface area (Å²) in [5.74, 6) is -1.74. The summed E-state index contributed by atoms with van der Waals surface area (Å²) in [5.41, 5.74) is 4.54. The van der Waals surface area contributed by atoms with Crippen LogP contribution in [0.15, 0.2) is 91.2 Å². The van der Waals surface area contributed by atoms with Gasteiger partial charge in [-0.1, -0.05) is 46.3 Å². The van der Waals surface area contributed by atoms with Crippen LogP contribution in [0.5, 0.6) is 0 Å². The van der Waals surface area contributed by atoms with Gasteiger partial charge in [0.15, 0.2) is 0 Å².